The van der Waals surface area contributed by atoms with Gasteiger partial charge in [0.25, 0.3) is 11.6 Å². The van der Waals surface area contributed by atoms with Gasteiger partial charge in [0, 0.05) is 50.0 Å². The standard InChI is InChI=1S/C14H14N4O3/c1-15-13-4-3-11(18(20)21)9-12(13)14(19)17(2)10-5-7-16-8-6-10/h3-9,15H,1-2H3. The lowest BCUT2D eigenvalue weighted by Gasteiger charge is -2.18. The van der Waals surface area contributed by atoms with Crippen molar-refractivity contribution >= 4 is 23.0 Å². The van der Waals surface area contributed by atoms with E-state index in [9.17, 15) is 14.9 Å². The maximum Gasteiger partial charge on any atom is 0.270 e. The number of nitro groups is 1. The first-order valence-electron chi connectivity index (χ1n) is 6.19. The average molecular weight is 286 g/mol. The Balaban J connectivity index is 2.42. The molecule has 21 heavy (non-hydrogen) atoms. The normalized spacial score (nSPS) is 10.0. The highest BCUT2D eigenvalue weighted by molar-refractivity contribution is 6.09. The number of aromatic nitrogens is 1. The Bertz CT molecular complexity index is 673. The van der Waals surface area contributed by atoms with Crippen molar-refractivity contribution in [1.29, 1.82) is 0 Å². The molecule has 108 valence electrons. The highest BCUT2D eigenvalue weighted by Gasteiger charge is 2.20. The van der Waals surface area contributed by atoms with Crippen molar-refractivity contribution in [2.45, 2.75) is 0 Å². The largest absolute Gasteiger partial charge is 0.387 e. The molecule has 0 fully saturated rings. The van der Waals surface area contributed by atoms with Crippen LogP contribution >= 0.6 is 0 Å². The number of anilines is 2. The quantitative estimate of drug-likeness (QED) is 0.688. The highest BCUT2D eigenvalue weighted by Crippen LogP contribution is 2.24. The molecule has 0 saturated carbocycles. The van der Waals surface area contributed by atoms with Crippen LogP contribution < -0.4 is 10.2 Å². The number of amides is 1. The Morgan fingerprint density at radius 3 is 2.52 bits per heavy atom. The van der Waals surface area contributed by atoms with Crippen molar-refractivity contribution in [2.24, 2.45) is 0 Å². The minimum atomic E-state index is -0.525. The summed E-state index contributed by atoms with van der Waals surface area (Å²) in [5, 5.41) is 13.7. The molecule has 0 spiro atoms. The third-order valence-electron chi connectivity index (χ3n) is 3.07. The van der Waals surface area contributed by atoms with Gasteiger partial charge in [-0.1, -0.05) is 0 Å². The number of nitrogens with one attached hydrogen (secondary N) is 1. The molecule has 1 amide bonds. The van der Waals surface area contributed by atoms with Gasteiger partial charge in [-0.3, -0.25) is 19.9 Å². The Hall–Kier alpha value is -2.96. The lowest BCUT2D eigenvalue weighted by molar-refractivity contribution is -0.384. The Morgan fingerprint density at radius 1 is 1.29 bits per heavy atom. The van der Waals surface area contributed by atoms with E-state index in [1.165, 1.54) is 23.1 Å². The number of rotatable bonds is 4. The lowest BCUT2D eigenvalue weighted by Crippen LogP contribution is -2.27. The Labute approximate surface area is 121 Å². The fourth-order valence-corrected chi connectivity index (χ4v) is 1.91. The van der Waals surface area contributed by atoms with Crippen LogP contribution in [0.5, 0.6) is 0 Å². The van der Waals surface area contributed by atoms with Crippen LogP contribution in [0.2, 0.25) is 0 Å². The van der Waals surface area contributed by atoms with Crippen molar-refractivity contribution in [3.63, 3.8) is 0 Å². The molecule has 2 rings (SSSR count). The predicted octanol–water partition coefficient (Wildman–Crippen LogP) is 2.31. The number of carbonyl (C=O) groups excluding carboxylic acids is 1. The summed E-state index contributed by atoms with van der Waals surface area (Å²) in [4.78, 5) is 28.2. The molecule has 0 saturated heterocycles. The Kier molecular flexibility index (Phi) is 4.13. The average Bonchev–Trinajstić information content (AvgIpc) is 2.53. The van der Waals surface area contributed by atoms with Crippen molar-refractivity contribution < 1.29 is 9.72 Å². The van der Waals surface area contributed by atoms with Gasteiger partial charge in [0.1, 0.15) is 0 Å². The molecule has 0 atom stereocenters. The molecule has 1 aromatic carbocycles. The van der Waals surface area contributed by atoms with Gasteiger partial charge in [-0.15, -0.1) is 0 Å². The zero-order valence-corrected chi connectivity index (χ0v) is 11.6. The second-order valence-corrected chi connectivity index (χ2v) is 4.31. The lowest BCUT2D eigenvalue weighted by atomic mass is 10.1. The molecule has 0 aliphatic rings. The third-order valence-corrected chi connectivity index (χ3v) is 3.07. The smallest absolute Gasteiger partial charge is 0.270 e. The zero-order valence-electron chi connectivity index (χ0n) is 11.6. The number of hydrogen-bond acceptors (Lipinski definition) is 5. The van der Waals surface area contributed by atoms with Gasteiger partial charge in [0.05, 0.1) is 10.5 Å². The molecule has 7 heteroatoms. The summed E-state index contributed by atoms with van der Waals surface area (Å²) >= 11 is 0. The highest BCUT2D eigenvalue weighted by atomic mass is 16.6. The zero-order chi connectivity index (χ0) is 15.4. The molecule has 0 bridgehead atoms. The summed E-state index contributed by atoms with van der Waals surface area (Å²) < 4.78 is 0. The minimum absolute atomic E-state index is 0.125. The number of nitro benzene ring substituents is 1. The number of hydrogen-bond donors (Lipinski definition) is 1. The summed E-state index contributed by atoms with van der Waals surface area (Å²) in [6.07, 6.45) is 3.15. The predicted molar refractivity (Wildman–Crippen MR) is 79.6 cm³/mol. The fraction of sp³-hybridized carbons (Fsp3) is 0.143. The molecular weight excluding hydrogens is 272 g/mol. The summed E-state index contributed by atoms with van der Waals surface area (Å²) in [6.45, 7) is 0. The van der Waals surface area contributed by atoms with Gasteiger partial charge in [0.2, 0.25) is 0 Å². The van der Waals surface area contributed by atoms with Gasteiger partial charge in [-0.25, -0.2) is 0 Å². The molecule has 1 aromatic heterocycles. The monoisotopic (exact) mass is 286 g/mol. The molecule has 2 aromatic rings. The second-order valence-electron chi connectivity index (χ2n) is 4.31. The van der Waals surface area contributed by atoms with E-state index >= 15 is 0 Å². The van der Waals surface area contributed by atoms with Crippen LogP contribution in [-0.2, 0) is 0 Å². The number of pyridine rings is 1. The summed E-state index contributed by atoms with van der Waals surface area (Å²) in [6, 6.07) is 7.52. The van der Waals surface area contributed by atoms with Crippen LogP contribution in [0.15, 0.2) is 42.7 Å². The van der Waals surface area contributed by atoms with E-state index in [0.717, 1.165) is 0 Å². The van der Waals surface area contributed by atoms with Crippen LogP contribution in [0.25, 0.3) is 0 Å². The third kappa shape index (κ3) is 2.97. The van der Waals surface area contributed by atoms with Crippen molar-refractivity contribution in [1.82, 2.24) is 4.98 Å². The molecule has 1 N–H and O–H groups in total. The van der Waals surface area contributed by atoms with Crippen LogP contribution in [0.4, 0.5) is 17.1 Å². The summed E-state index contributed by atoms with van der Waals surface area (Å²) in [7, 11) is 3.26. The molecule has 1 heterocycles. The number of nitrogens with zero attached hydrogens (tertiary/aromatic N) is 3. The van der Waals surface area contributed by atoms with Crippen LogP contribution in [0.1, 0.15) is 10.4 Å². The minimum Gasteiger partial charge on any atom is -0.387 e. The molecule has 0 aliphatic heterocycles. The van der Waals surface area contributed by atoms with Crippen molar-refractivity contribution in [3.05, 3.63) is 58.4 Å². The molecule has 0 radical (unpaired) electrons. The SMILES string of the molecule is CNc1ccc([N+](=O)[O-])cc1C(=O)N(C)c1ccncc1. The fourth-order valence-electron chi connectivity index (χ4n) is 1.91. The van der Waals surface area contributed by atoms with Gasteiger partial charge < -0.3 is 10.2 Å². The Morgan fingerprint density at radius 2 is 1.95 bits per heavy atom. The second kappa shape index (κ2) is 6.00. The number of non-ortho nitro benzene ring substituents is 1. The summed E-state index contributed by atoms with van der Waals surface area (Å²) in [5.41, 5.74) is 1.31. The van der Waals surface area contributed by atoms with E-state index in [1.54, 1.807) is 38.6 Å². The first kappa shape index (κ1) is 14.4. The van der Waals surface area contributed by atoms with E-state index in [4.69, 9.17) is 0 Å². The molecular formula is C14H14N4O3. The van der Waals surface area contributed by atoms with Crippen LogP contribution in [0, 0.1) is 10.1 Å². The molecule has 0 aliphatic carbocycles. The topological polar surface area (TPSA) is 88.4 Å². The maximum atomic E-state index is 12.5. The van der Waals surface area contributed by atoms with E-state index in [1.807, 2.05) is 0 Å². The summed E-state index contributed by atoms with van der Waals surface area (Å²) in [5.74, 6) is -0.339. The maximum absolute atomic E-state index is 12.5. The van der Waals surface area contributed by atoms with Gasteiger partial charge in [0.15, 0.2) is 0 Å². The van der Waals surface area contributed by atoms with Gasteiger partial charge >= 0.3 is 0 Å². The number of benzene rings is 1. The van der Waals surface area contributed by atoms with E-state index < -0.39 is 4.92 Å². The van der Waals surface area contributed by atoms with E-state index in [2.05, 4.69) is 10.3 Å². The van der Waals surface area contributed by atoms with Gasteiger partial charge in [-0.2, -0.15) is 0 Å². The van der Waals surface area contributed by atoms with Gasteiger partial charge in [-0.05, 0) is 18.2 Å². The van der Waals surface area contributed by atoms with Crippen LogP contribution in [0.3, 0.4) is 0 Å². The van der Waals surface area contributed by atoms with Crippen LogP contribution in [-0.4, -0.2) is 29.9 Å². The molecule has 0 unspecified atom stereocenters. The number of carbonyl (C=O) groups is 1. The van der Waals surface area contributed by atoms with Crippen molar-refractivity contribution in [2.75, 3.05) is 24.3 Å². The van der Waals surface area contributed by atoms with E-state index in [-0.39, 0.29) is 17.2 Å². The van der Waals surface area contributed by atoms with Crippen molar-refractivity contribution in [3.8, 4) is 0 Å². The first-order chi connectivity index (χ1) is 10.0. The first-order valence-corrected chi connectivity index (χ1v) is 6.19. The molecule has 7 nitrogen and oxygen atoms in total. The van der Waals surface area contributed by atoms with E-state index in [0.29, 0.717) is 11.4 Å².